The van der Waals surface area contributed by atoms with Crippen molar-refractivity contribution in [3.63, 3.8) is 0 Å². The van der Waals surface area contributed by atoms with Gasteiger partial charge in [-0.25, -0.2) is 4.98 Å². The maximum atomic E-state index is 11.8. The van der Waals surface area contributed by atoms with Gasteiger partial charge in [0.25, 0.3) is 5.91 Å². The van der Waals surface area contributed by atoms with Gasteiger partial charge in [-0.2, -0.15) is 0 Å². The number of amides is 1. The van der Waals surface area contributed by atoms with Gasteiger partial charge < -0.3 is 5.73 Å². The van der Waals surface area contributed by atoms with E-state index in [1.807, 2.05) is 45.0 Å². The van der Waals surface area contributed by atoms with Crippen molar-refractivity contribution in [3.05, 3.63) is 70.8 Å². The zero-order valence-electron chi connectivity index (χ0n) is 14.2. The highest BCUT2D eigenvalue weighted by Crippen LogP contribution is 2.17. The zero-order chi connectivity index (χ0) is 18.0. The van der Waals surface area contributed by atoms with E-state index in [9.17, 15) is 4.79 Å². The van der Waals surface area contributed by atoms with E-state index >= 15 is 0 Å². The van der Waals surface area contributed by atoms with Gasteiger partial charge in [-0.15, -0.1) is 0 Å². The zero-order valence-corrected chi connectivity index (χ0v) is 14.2. The first kappa shape index (κ1) is 16.4. The van der Waals surface area contributed by atoms with Crippen LogP contribution in [-0.2, 0) is 0 Å². The van der Waals surface area contributed by atoms with E-state index in [-0.39, 0.29) is 5.82 Å². The number of aryl methyl sites for hydroxylation is 2. The molecule has 3 heterocycles. The van der Waals surface area contributed by atoms with E-state index in [4.69, 9.17) is 5.73 Å². The lowest BCUT2D eigenvalue weighted by atomic mass is 10.2. The van der Waals surface area contributed by atoms with Crippen molar-refractivity contribution in [2.24, 2.45) is 5.73 Å². The lowest BCUT2D eigenvalue weighted by molar-refractivity contribution is 0.0988. The fourth-order valence-electron chi connectivity index (χ4n) is 2.45. The molecule has 2 N–H and O–H groups in total. The summed E-state index contributed by atoms with van der Waals surface area (Å²) in [5, 5.41) is 0. The van der Waals surface area contributed by atoms with Crippen LogP contribution in [0.1, 0.15) is 39.0 Å². The van der Waals surface area contributed by atoms with Gasteiger partial charge in [-0.1, -0.05) is 5.92 Å². The van der Waals surface area contributed by atoms with Crippen molar-refractivity contribution in [3.8, 4) is 17.5 Å². The lowest BCUT2D eigenvalue weighted by Gasteiger charge is -2.07. The van der Waals surface area contributed by atoms with Crippen LogP contribution < -0.4 is 5.73 Å². The van der Waals surface area contributed by atoms with Crippen LogP contribution >= 0.6 is 0 Å². The third kappa shape index (κ3) is 3.40. The molecule has 25 heavy (non-hydrogen) atoms. The Kier molecular flexibility index (Phi) is 4.31. The molecule has 0 radical (unpaired) electrons. The summed E-state index contributed by atoms with van der Waals surface area (Å²) >= 11 is 0. The SMILES string of the molecule is Cc1ccc(-n2c(C(N)=O)nc(C#Cc3ccnc(C)c3)c2C)cn1. The molecule has 0 saturated carbocycles. The van der Waals surface area contributed by atoms with Crippen molar-refractivity contribution in [2.45, 2.75) is 20.8 Å². The molecule has 3 aromatic rings. The Morgan fingerprint density at radius 3 is 2.52 bits per heavy atom. The van der Waals surface area contributed by atoms with Crippen molar-refractivity contribution in [2.75, 3.05) is 0 Å². The molecular formula is C19H17N5O. The highest BCUT2D eigenvalue weighted by molar-refractivity contribution is 5.90. The average molecular weight is 331 g/mol. The molecule has 0 aliphatic rings. The van der Waals surface area contributed by atoms with Crippen LogP contribution in [0.3, 0.4) is 0 Å². The molecule has 0 aliphatic heterocycles. The third-order valence-corrected chi connectivity index (χ3v) is 3.70. The standard InChI is InChI=1S/C19H17N5O/c1-12-4-6-16(11-22-12)24-14(3)17(23-19(24)18(20)25)7-5-15-8-9-21-13(2)10-15/h4,6,8-11H,1-3H3,(H2,20,25). The number of aromatic nitrogens is 4. The Balaban J connectivity index is 2.10. The third-order valence-electron chi connectivity index (χ3n) is 3.70. The number of hydrogen-bond acceptors (Lipinski definition) is 4. The maximum absolute atomic E-state index is 11.8. The van der Waals surface area contributed by atoms with Crippen LogP contribution in [0, 0.1) is 32.6 Å². The largest absolute Gasteiger partial charge is 0.363 e. The molecule has 6 heteroatoms. The van der Waals surface area contributed by atoms with E-state index in [1.165, 1.54) is 0 Å². The van der Waals surface area contributed by atoms with Gasteiger partial charge in [-0.3, -0.25) is 19.3 Å². The van der Waals surface area contributed by atoms with Crippen molar-refractivity contribution in [1.29, 1.82) is 0 Å². The molecule has 124 valence electrons. The Labute approximate surface area is 145 Å². The fourth-order valence-corrected chi connectivity index (χ4v) is 2.45. The van der Waals surface area contributed by atoms with Crippen molar-refractivity contribution in [1.82, 2.24) is 19.5 Å². The Hall–Kier alpha value is -3.46. The minimum Gasteiger partial charge on any atom is -0.363 e. The topological polar surface area (TPSA) is 86.7 Å². The van der Waals surface area contributed by atoms with Gasteiger partial charge in [0.1, 0.15) is 5.69 Å². The van der Waals surface area contributed by atoms with Gasteiger partial charge in [0.2, 0.25) is 5.82 Å². The highest BCUT2D eigenvalue weighted by Gasteiger charge is 2.18. The minimum absolute atomic E-state index is 0.137. The molecule has 0 bridgehead atoms. The second kappa shape index (κ2) is 6.57. The van der Waals surface area contributed by atoms with E-state index in [0.717, 1.165) is 28.3 Å². The quantitative estimate of drug-likeness (QED) is 0.729. The second-order valence-corrected chi connectivity index (χ2v) is 5.66. The van der Waals surface area contributed by atoms with E-state index in [0.29, 0.717) is 5.69 Å². The molecular weight excluding hydrogens is 314 g/mol. The number of primary amides is 1. The number of carbonyl (C=O) groups is 1. The smallest absolute Gasteiger partial charge is 0.285 e. The number of hydrogen-bond donors (Lipinski definition) is 1. The van der Waals surface area contributed by atoms with Gasteiger partial charge in [0, 0.05) is 23.1 Å². The molecule has 0 unspecified atom stereocenters. The normalized spacial score (nSPS) is 10.2. The molecule has 0 aromatic carbocycles. The Morgan fingerprint density at radius 2 is 1.88 bits per heavy atom. The van der Waals surface area contributed by atoms with Gasteiger partial charge in [0.05, 0.1) is 17.6 Å². The molecule has 0 saturated heterocycles. The predicted molar refractivity (Wildman–Crippen MR) is 94.3 cm³/mol. The molecule has 3 aromatic heterocycles. The molecule has 0 aliphatic carbocycles. The summed E-state index contributed by atoms with van der Waals surface area (Å²) in [6, 6.07) is 7.45. The number of carbonyl (C=O) groups excluding carboxylic acids is 1. The molecule has 6 nitrogen and oxygen atoms in total. The summed E-state index contributed by atoms with van der Waals surface area (Å²) in [6.07, 6.45) is 3.39. The van der Waals surface area contributed by atoms with Crippen LogP contribution in [0.25, 0.3) is 5.69 Å². The summed E-state index contributed by atoms with van der Waals surface area (Å²) in [6.45, 7) is 5.65. The summed E-state index contributed by atoms with van der Waals surface area (Å²) in [5.74, 6) is 5.59. The number of nitrogens with two attached hydrogens (primary N) is 1. The van der Waals surface area contributed by atoms with Crippen LogP contribution in [0.4, 0.5) is 0 Å². The lowest BCUT2D eigenvalue weighted by Crippen LogP contribution is -2.18. The summed E-state index contributed by atoms with van der Waals surface area (Å²) in [4.78, 5) is 24.5. The van der Waals surface area contributed by atoms with Crippen molar-refractivity contribution < 1.29 is 4.79 Å². The second-order valence-electron chi connectivity index (χ2n) is 5.66. The minimum atomic E-state index is -0.614. The number of rotatable bonds is 2. The first-order valence-corrected chi connectivity index (χ1v) is 7.72. The first-order valence-electron chi connectivity index (χ1n) is 7.72. The summed E-state index contributed by atoms with van der Waals surface area (Å²) in [7, 11) is 0. The van der Waals surface area contributed by atoms with Gasteiger partial charge in [0.15, 0.2) is 0 Å². The molecule has 0 atom stereocenters. The molecule has 0 spiro atoms. The highest BCUT2D eigenvalue weighted by atomic mass is 16.1. The fraction of sp³-hybridized carbons (Fsp3) is 0.158. The van der Waals surface area contributed by atoms with Crippen LogP contribution in [-0.4, -0.2) is 25.4 Å². The van der Waals surface area contributed by atoms with E-state index in [2.05, 4.69) is 26.8 Å². The van der Waals surface area contributed by atoms with Crippen molar-refractivity contribution >= 4 is 5.91 Å². The van der Waals surface area contributed by atoms with E-state index in [1.54, 1.807) is 17.0 Å². The molecule has 1 amide bonds. The molecule has 0 fully saturated rings. The monoisotopic (exact) mass is 331 g/mol. The predicted octanol–water partition coefficient (Wildman–Crippen LogP) is 2.09. The average Bonchev–Trinajstić information content (AvgIpc) is 2.91. The van der Waals surface area contributed by atoms with Crippen LogP contribution in [0.2, 0.25) is 0 Å². The Bertz CT molecular complexity index is 1010. The van der Waals surface area contributed by atoms with E-state index < -0.39 is 5.91 Å². The Morgan fingerprint density at radius 1 is 1.08 bits per heavy atom. The van der Waals surface area contributed by atoms with Gasteiger partial charge >= 0.3 is 0 Å². The van der Waals surface area contributed by atoms with Crippen LogP contribution in [0.15, 0.2) is 36.7 Å². The first-order chi connectivity index (χ1) is 12.0. The van der Waals surface area contributed by atoms with Gasteiger partial charge in [-0.05, 0) is 51.0 Å². The number of imidazole rings is 1. The number of nitrogens with zero attached hydrogens (tertiary/aromatic N) is 4. The molecule has 3 rings (SSSR count). The summed E-state index contributed by atoms with van der Waals surface area (Å²) in [5.41, 5.74) is 10.1. The van der Waals surface area contributed by atoms with Crippen LogP contribution in [0.5, 0.6) is 0 Å². The number of pyridine rings is 2. The summed E-state index contributed by atoms with van der Waals surface area (Å²) < 4.78 is 1.68. The maximum Gasteiger partial charge on any atom is 0.285 e.